The molecule has 3 aromatic heterocycles. The maximum absolute atomic E-state index is 5.94. The van der Waals surface area contributed by atoms with E-state index < -0.39 is 0 Å². The van der Waals surface area contributed by atoms with Crippen LogP contribution < -0.4 is 20.1 Å². The molecule has 0 fully saturated rings. The van der Waals surface area contributed by atoms with Crippen LogP contribution in [0.1, 0.15) is 19.4 Å². The number of aryl methyl sites for hydroxylation is 1. The highest BCUT2D eigenvalue weighted by atomic mass is 16.5. The van der Waals surface area contributed by atoms with Crippen LogP contribution in [0.15, 0.2) is 61.2 Å². The van der Waals surface area contributed by atoms with E-state index in [1.807, 2.05) is 43.3 Å². The number of nitrogens with zero attached hydrogens (tertiary/aromatic N) is 4. The van der Waals surface area contributed by atoms with Gasteiger partial charge in [-0.25, -0.2) is 19.9 Å². The van der Waals surface area contributed by atoms with Crippen molar-refractivity contribution >= 4 is 22.5 Å². The van der Waals surface area contributed by atoms with Crippen molar-refractivity contribution in [3.8, 4) is 17.4 Å². The Bertz CT molecular complexity index is 1160. The molecule has 164 valence electrons. The lowest BCUT2D eigenvalue weighted by atomic mass is 10.2. The number of hydrogen-bond acceptors (Lipinski definition) is 8. The molecule has 0 bridgehead atoms. The fourth-order valence-corrected chi connectivity index (χ4v) is 3.01. The average Bonchev–Trinajstić information content (AvgIpc) is 2.79. The molecule has 8 nitrogen and oxygen atoms in total. The summed E-state index contributed by atoms with van der Waals surface area (Å²) >= 11 is 0. The normalized spacial score (nSPS) is 11.0. The molecule has 0 saturated heterocycles. The number of anilines is 2. The second-order valence-corrected chi connectivity index (χ2v) is 7.64. The van der Waals surface area contributed by atoms with E-state index in [9.17, 15) is 0 Å². The summed E-state index contributed by atoms with van der Waals surface area (Å²) in [4.78, 5) is 17.4. The Balaban J connectivity index is 1.46. The lowest BCUT2D eigenvalue weighted by Gasteiger charge is -2.11. The quantitative estimate of drug-likeness (QED) is 0.371. The van der Waals surface area contributed by atoms with Crippen LogP contribution in [-0.2, 0) is 0 Å². The highest BCUT2D eigenvalue weighted by molar-refractivity contribution is 5.91. The van der Waals surface area contributed by atoms with E-state index in [4.69, 9.17) is 9.47 Å². The first-order valence-electron chi connectivity index (χ1n) is 10.5. The largest absolute Gasteiger partial charge is 0.491 e. The van der Waals surface area contributed by atoms with E-state index in [2.05, 4.69) is 44.4 Å². The van der Waals surface area contributed by atoms with Gasteiger partial charge in [0, 0.05) is 30.2 Å². The number of hydrogen-bond donors (Lipinski definition) is 2. The van der Waals surface area contributed by atoms with Crippen LogP contribution in [0.3, 0.4) is 0 Å². The van der Waals surface area contributed by atoms with Crippen LogP contribution in [0.25, 0.3) is 10.9 Å². The maximum Gasteiger partial charge on any atom is 0.219 e. The van der Waals surface area contributed by atoms with Crippen molar-refractivity contribution in [2.24, 2.45) is 0 Å². The van der Waals surface area contributed by atoms with Gasteiger partial charge in [0.25, 0.3) is 0 Å². The molecule has 0 amide bonds. The third-order valence-electron chi connectivity index (χ3n) is 4.62. The summed E-state index contributed by atoms with van der Waals surface area (Å²) in [5.74, 6) is 3.18. The van der Waals surface area contributed by atoms with Crippen molar-refractivity contribution in [3.63, 3.8) is 0 Å². The average molecular weight is 431 g/mol. The molecule has 32 heavy (non-hydrogen) atoms. The molecule has 0 spiro atoms. The van der Waals surface area contributed by atoms with E-state index in [0.717, 1.165) is 23.0 Å². The molecule has 4 rings (SSSR count). The Labute approximate surface area is 187 Å². The SMILES string of the molecule is Cc1ccc(Nc2ncnc3ccc(Oc4ccc(OCCNC(C)C)cn4)cc23)nc1. The summed E-state index contributed by atoms with van der Waals surface area (Å²) in [7, 11) is 0. The van der Waals surface area contributed by atoms with Crippen LogP contribution in [0, 0.1) is 6.92 Å². The number of pyridine rings is 2. The number of aromatic nitrogens is 4. The lowest BCUT2D eigenvalue weighted by Crippen LogP contribution is -2.27. The standard InChI is InChI=1S/C24H26N6O2/c1-16(2)25-10-11-31-19-6-9-23(27-14-19)32-18-5-7-21-20(12-18)24(29-15-28-21)30-22-8-4-17(3)13-26-22/h4-9,12-16,25H,10-11H2,1-3H3,(H,26,28,29,30). The van der Waals surface area contributed by atoms with Crippen molar-refractivity contribution in [3.05, 3.63) is 66.7 Å². The van der Waals surface area contributed by atoms with E-state index in [-0.39, 0.29) is 0 Å². The molecule has 1 aromatic carbocycles. The summed E-state index contributed by atoms with van der Waals surface area (Å²) in [6.07, 6.45) is 4.99. The molecule has 0 aliphatic rings. The predicted octanol–water partition coefficient (Wildman–Crippen LogP) is 4.64. The molecule has 0 aliphatic heterocycles. The second-order valence-electron chi connectivity index (χ2n) is 7.64. The van der Waals surface area contributed by atoms with Gasteiger partial charge in [0.1, 0.15) is 36.1 Å². The lowest BCUT2D eigenvalue weighted by molar-refractivity contribution is 0.307. The minimum Gasteiger partial charge on any atom is -0.491 e. The Morgan fingerprint density at radius 2 is 1.78 bits per heavy atom. The van der Waals surface area contributed by atoms with Gasteiger partial charge in [-0.05, 0) is 42.8 Å². The highest BCUT2D eigenvalue weighted by Crippen LogP contribution is 2.29. The van der Waals surface area contributed by atoms with Gasteiger partial charge in [-0.1, -0.05) is 19.9 Å². The van der Waals surface area contributed by atoms with Crippen LogP contribution >= 0.6 is 0 Å². The van der Waals surface area contributed by atoms with Gasteiger partial charge in [0.05, 0.1) is 11.7 Å². The summed E-state index contributed by atoms with van der Waals surface area (Å²) < 4.78 is 11.6. The van der Waals surface area contributed by atoms with Crippen LogP contribution in [0.2, 0.25) is 0 Å². The van der Waals surface area contributed by atoms with Crippen LogP contribution in [0.4, 0.5) is 11.6 Å². The second kappa shape index (κ2) is 10.0. The minimum absolute atomic E-state index is 0.434. The van der Waals surface area contributed by atoms with Crippen molar-refractivity contribution in [2.45, 2.75) is 26.8 Å². The van der Waals surface area contributed by atoms with Gasteiger partial charge >= 0.3 is 0 Å². The summed E-state index contributed by atoms with van der Waals surface area (Å²) in [5.41, 5.74) is 1.89. The van der Waals surface area contributed by atoms with Crippen molar-refractivity contribution in [2.75, 3.05) is 18.5 Å². The molecule has 0 aliphatic carbocycles. The molecule has 4 aromatic rings. The number of benzene rings is 1. The van der Waals surface area contributed by atoms with Crippen LogP contribution in [-0.4, -0.2) is 39.1 Å². The third kappa shape index (κ3) is 5.67. The van der Waals surface area contributed by atoms with Crippen molar-refractivity contribution in [1.29, 1.82) is 0 Å². The van der Waals surface area contributed by atoms with Gasteiger partial charge in [-0.2, -0.15) is 0 Å². The third-order valence-corrected chi connectivity index (χ3v) is 4.62. The fraction of sp³-hybridized carbons (Fsp3) is 0.250. The summed E-state index contributed by atoms with van der Waals surface area (Å²) in [6, 6.07) is 13.6. The van der Waals surface area contributed by atoms with Gasteiger partial charge in [0.15, 0.2) is 0 Å². The summed E-state index contributed by atoms with van der Waals surface area (Å²) in [5, 5.41) is 7.38. The maximum atomic E-state index is 5.94. The van der Waals surface area contributed by atoms with E-state index >= 15 is 0 Å². The molecular weight excluding hydrogens is 404 g/mol. The zero-order chi connectivity index (χ0) is 22.3. The number of nitrogens with one attached hydrogen (secondary N) is 2. The van der Waals surface area contributed by atoms with Crippen LogP contribution in [0.5, 0.6) is 17.4 Å². The van der Waals surface area contributed by atoms with Crippen molar-refractivity contribution < 1.29 is 9.47 Å². The van der Waals surface area contributed by atoms with E-state index in [1.54, 1.807) is 18.5 Å². The zero-order valence-corrected chi connectivity index (χ0v) is 18.4. The first-order chi connectivity index (χ1) is 15.6. The Morgan fingerprint density at radius 3 is 2.53 bits per heavy atom. The molecule has 8 heteroatoms. The van der Waals surface area contributed by atoms with E-state index in [0.29, 0.717) is 41.7 Å². The Hall–Kier alpha value is -3.78. The zero-order valence-electron chi connectivity index (χ0n) is 18.4. The first-order valence-corrected chi connectivity index (χ1v) is 10.5. The van der Waals surface area contributed by atoms with Gasteiger partial charge in [-0.3, -0.25) is 0 Å². The number of rotatable bonds is 9. The highest BCUT2D eigenvalue weighted by Gasteiger charge is 2.08. The predicted molar refractivity (Wildman–Crippen MR) is 125 cm³/mol. The Morgan fingerprint density at radius 1 is 0.906 bits per heavy atom. The monoisotopic (exact) mass is 430 g/mol. The molecule has 0 atom stereocenters. The molecule has 3 heterocycles. The number of ether oxygens (including phenoxy) is 2. The van der Waals surface area contributed by atoms with Gasteiger partial charge in [-0.15, -0.1) is 0 Å². The molecule has 0 saturated carbocycles. The first kappa shape index (κ1) is 21.5. The molecular formula is C24H26N6O2. The Kier molecular flexibility index (Phi) is 6.72. The summed E-state index contributed by atoms with van der Waals surface area (Å²) in [6.45, 7) is 7.56. The van der Waals surface area contributed by atoms with Crippen molar-refractivity contribution in [1.82, 2.24) is 25.3 Å². The van der Waals surface area contributed by atoms with Gasteiger partial charge < -0.3 is 20.1 Å². The number of fused-ring (bicyclic) bond motifs is 1. The molecule has 0 radical (unpaired) electrons. The minimum atomic E-state index is 0.434. The van der Waals surface area contributed by atoms with Gasteiger partial charge in [0.2, 0.25) is 5.88 Å². The van der Waals surface area contributed by atoms with E-state index in [1.165, 1.54) is 6.33 Å². The fourth-order valence-electron chi connectivity index (χ4n) is 3.01. The molecule has 0 unspecified atom stereocenters. The molecule has 2 N–H and O–H groups in total. The smallest absolute Gasteiger partial charge is 0.219 e. The topological polar surface area (TPSA) is 94.1 Å².